The summed E-state index contributed by atoms with van der Waals surface area (Å²) >= 11 is 0. The zero-order valence-electron chi connectivity index (χ0n) is 13.4. The number of carbonyl (C=O) groups excluding carboxylic acids is 1. The van der Waals surface area contributed by atoms with E-state index < -0.39 is 0 Å². The lowest BCUT2D eigenvalue weighted by atomic mass is 9.75. The molecule has 0 aromatic heterocycles. The Morgan fingerprint density at radius 1 is 1.18 bits per heavy atom. The molecule has 1 N–H and O–H groups in total. The number of nitrogens with zero attached hydrogens (tertiary/aromatic N) is 1. The summed E-state index contributed by atoms with van der Waals surface area (Å²) in [6.07, 6.45) is 6.52. The van der Waals surface area contributed by atoms with Gasteiger partial charge in [0.05, 0.1) is 6.61 Å². The summed E-state index contributed by atoms with van der Waals surface area (Å²) in [5, 5.41) is 3.01. The maximum Gasteiger partial charge on any atom is 0.321 e. The second-order valence-electron chi connectivity index (χ2n) is 6.43. The predicted octanol–water partition coefficient (Wildman–Crippen LogP) is 4.13. The highest BCUT2D eigenvalue weighted by molar-refractivity contribution is 5.89. The number of piperidine rings is 1. The van der Waals surface area contributed by atoms with Gasteiger partial charge in [0, 0.05) is 18.8 Å². The van der Waals surface area contributed by atoms with Crippen molar-refractivity contribution in [2.24, 2.45) is 11.8 Å². The van der Waals surface area contributed by atoms with E-state index in [0.29, 0.717) is 12.5 Å². The summed E-state index contributed by atoms with van der Waals surface area (Å²) in [6, 6.07) is 7.62. The number of urea groups is 1. The molecule has 1 saturated heterocycles. The molecule has 2 atom stereocenters. The van der Waals surface area contributed by atoms with E-state index in [0.717, 1.165) is 30.4 Å². The number of nitrogens with one attached hydrogen (secondary N) is 1. The minimum absolute atomic E-state index is 0.0354. The third-order valence-corrected chi connectivity index (χ3v) is 5.00. The Morgan fingerprint density at radius 3 is 2.64 bits per heavy atom. The zero-order chi connectivity index (χ0) is 15.4. The van der Waals surface area contributed by atoms with Crippen molar-refractivity contribution in [3.8, 4) is 5.75 Å². The SMILES string of the molecule is CCOc1ccc(NC(=O)N2CC[C@@H]3CCCC[C@H]3C2)cc1. The number of likely N-dealkylation sites (tertiary alicyclic amines) is 1. The van der Waals surface area contributed by atoms with Crippen molar-refractivity contribution >= 4 is 11.7 Å². The van der Waals surface area contributed by atoms with Gasteiger partial charge >= 0.3 is 6.03 Å². The fourth-order valence-corrected chi connectivity index (χ4v) is 3.79. The van der Waals surface area contributed by atoms with Gasteiger partial charge in [-0.3, -0.25) is 0 Å². The first-order valence-corrected chi connectivity index (χ1v) is 8.55. The molecule has 1 saturated carbocycles. The number of amides is 2. The Hall–Kier alpha value is -1.71. The van der Waals surface area contributed by atoms with Crippen LogP contribution >= 0.6 is 0 Å². The topological polar surface area (TPSA) is 41.6 Å². The smallest absolute Gasteiger partial charge is 0.321 e. The van der Waals surface area contributed by atoms with Crippen LogP contribution in [0.1, 0.15) is 39.0 Å². The minimum atomic E-state index is 0.0354. The lowest BCUT2D eigenvalue weighted by molar-refractivity contribution is 0.108. The van der Waals surface area contributed by atoms with Gasteiger partial charge in [0.1, 0.15) is 5.75 Å². The summed E-state index contributed by atoms with van der Waals surface area (Å²) < 4.78 is 5.42. The van der Waals surface area contributed by atoms with Crippen LogP contribution in [0.15, 0.2) is 24.3 Å². The van der Waals surface area contributed by atoms with Gasteiger partial charge in [0.2, 0.25) is 0 Å². The van der Waals surface area contributed by atoms with Crippen LogP contribution in [0.3, 0.4) is 0 Å². The average Bonchev–Trinajstić information content (AvgIpc) is 2.56. The Bertz CT molecular complexity index is 500. The summed E-state index contributed by atoms with van der Waals surface area (Å²) in [6.45, 7) is 4.43. The molecule has 0 radical (unpaired) electrons. The first-order valence-electron chi connectivity index (χ1n) is 8.55. The van der Waals surface area contributed by atoms with Gasteiger partial charge in [0.15, 0.2) is 0 Å². The minimum Gasteiger partial charge on any atom is -0.494 e. The standard InChI is InChI=1S/C18H26N2O2/c1-2-22-17-9-7-16(8-10-17)19-18(21)20-12-11-14-5-3-4-6-15(14)13-20/h7-10,14-15H,2-6,11-13H2,1H3,(H,19,21)/t14-,15-/m0/s1. The van der Waals surface area contributed by atoms with Crippen LogP contribution in [-0.4, -0.2) is 30.6 Å². The molecule has 3 rings (SSSR count). The van der Waals surface area contributed by atoms with Gasteiger partial charge in [-0.15, -0.1) is 0 Å². The molecule has 1 aliphatic heterocycles. The first-order chi connectivity index (χ1) is 10.8. The van der Waals surface area contributed by atoms with E-state index in [4.69, 9.17) is 4.74 Å². The number of rotatable bonds is 3. The van der Waals surface area contributed by atoms with Gasteiger partial charge in [-0.2, -0.15) is 0 Å². The van der Waals surface area contributed by atoms with Gasteiger partial charge in [-0.1, -0.05) is 19.3 Å². The van der Waals surface area contributed by atoms with Crippen molar-refractivity contribution < 1.29 is 9.53 Å². The Labute approximate surface area is 132 Å². The summed E-state index contributed by atoms with van der Waals surface area (Å²) in [5.41, 5.74) is 0.833. The van der Waals surface area contributed by atoms with E-state index >= 15 is 0 Å². The predicted molar refractivity (Wildman–Crippen MR) is 88.3 cm³/mol. The van der Waals surface area contributed by atoms with Gasteiger partial charge < -0.3 is 15.0 Å². The largest absolute Gasteiger partial charge is 0.494 e. The molecule has 2 aliphatic rings. The second-order valence-corrected chi connectivity index (χ2v) is 6.43. The number of benzene rings is 1. The highest BCUT2D eigenvalue weighted by atomic mass is 16.5. The van der Waals surface area contributed by atoms with E-state index in [1.165, 1.54) is 32.1 Å². The average molecular weight is 302 g/mol. The Kier molecular flexibility index (Phi) is 4.86. The van der Waals surface area contributed by atoms with E-state index in [9.17, 15) is 4.79 Å². The van der Waals surface area contributed by atoms with Crippen molar-refractivity contribution in [2.45, 2.75) is 39.0 Å². The monoisotopic (exact) mass is 302 g/mol. The molecule has 0 spiro atoms. The molecule has 1 aromatic rings. The fourth-order valence-electron chi connectivity index (χ4n) is 3.79. The van der Waals surface area contributed by atoms with Gasteiger partial charge in [0.25, 0.3) is 0 Å². The Morgan fingerprint density at radius 2 is 1.91 bits per heavy atom. The molecular weight excluding hydrogens is 276 g/mol. The number of hydrogen-bond acceptors (Lipinski definition) is 2. The number of carbonyl (C=O) groups is 1. The van der Waals surface area contributed by atoms with Gasteiger partial charge in [-0.25, -0.2) is 4.79 Å². The van der Waals surface area contributed by atoms with Crippen molar-refractivity contribution in [2.75, 3.05) is 25.0 Å². The number of anilines is 1. The number of ether oxygens (including phenoxy) is 1. The molecule has 0 bridgehead atoms. The van der Waals surface area contributed by atoms with Gasteiger partial charge in [-0.05, 0) is 55.9 Å². The molecular formula is C18H26N2O2. The highest BCUT2D eigenvalue weighted by Crippen LogP contribution is 2.36. The summed E-state index contributed by atoms with van der Waals surface area (Å²) in [7, 11) is 0. The van der Waals surface area contributed by atoms with E-state index in [2.05, 4.69) is 5.32 Å². The summed E-state index contributed by atoms with van der Waals surface area (Å²) in [5.74, 6) is 2.40. The van der Waals surface area contributed by atoms with Crippen LogP contribution < -0.4 is 10.1 Å². The molecule has 1 aromatic carbocycles. The van der Waals surface area contributed by atoms with Crippen molar-refractivity contribution in [3.63, 3.8) is 0 Å². The van der Waals surface area contributed by atoms with E-state index in [1.807, 2.05) is 36.1 Å². The molecule has 2 amide bonds. The maximum atomic E-state index is 12.4. The molecule has 2 fully saturated rings. The number of fused-ring (bicyclic) bond motifs is 1. The highest BCUT2D eigenvalue weighted by Gasteiger charge is 2.32. The number of hydrogen-bond donors (Lipinski definition) is 1. The normalized spacial score (nSPS) is 24.5. The third-order valence-electron chi connectivity index (χ3n) is 5.00. The van der Waals surface area contributed by atoms with Crippen molar-refractivity contribution in [3.05, 3.63) is 24.3 Å². The van der Waals surface area contributed by atoms with Crippen LogP contribution in [-0.2, 0) is 0 Å². The van der Waals surface area contributed by atoms with Crippen molar-refractivity contribution in [1.82, 2.24) is 4.90 Å². The van der Waals surface area contributed by atoms with E-state index in [-0.39, 0.29) is 6.03 Å². The molecule has 4 nitrogen and oxygen atoms in total. The van der Waals surface area contributed by atoms with Crippen LogP contribution in [0.5, 0.6) is 5.75 Å². The molecule has 1 heterocycles. The molecule has 4 heteroatoms. The summed E-state index contributed by atoms with van der Waals surface area (Å²) in [4.78, 5) is 14.4. The molecule has 1 aliphatic carbocycles. The van der Waals surface area contributed by atoms with Crippen LogP contribution in [0, 0.1) is 11.8 Å². The first kappa shape index (κ1) is 15.2. The molecule has 120 valence electrons. The quantitative estimate of drug-likeness (QED) is 0.912. The molecule has 22 heavy (non-hydrogen) atoms. The maximum absolute atomic E-state index is 12.4. The van der Waals surface area contributed by atoms with Crippen molar-refractivity contribution in [1.29, 1.82) is 0 Å². The fraction of sp³-hybridized carbons (Fsp3) is 0.611. The van der Waals surface area contributed by atoms with Crippen LogP contribution in [0.25, 0.3) is 0 Å². The van der Waals surface area contributed by atoms with E-state index in [1.54, 1.807) is 0 Å². The third kappa shape index (κ3) is 3.54. The lowest BCUT2D eigenvalue weighted by Crippen LogP contribution is -2.46. The second kappa shape index (κ2) is 7.03. The van der Waals surface area contributed by atoms with Crippen LogP contribution in [0.4, 0.5) is 10.5 Å². The Balaban J connectivity index is 1.55. The zero-order valence-corrected chi connectivity index (χ0v) is 13.4. The van der Waals surface area contributed by atoms with Crippen LogP contribution in [0.2, 0.25) is 0 Å². The molecule has 0 unspecified atom stereocenters. The lowest BCUT2D eigenvalue weighted by Gasteiger charge is -2.41.